The average Bonchev–Trinajstić information content (AvgIpc) is 2.43. The quantitative estimate of drug-likeness (QED) is 0.803. The molecule has 0 saturated carbocycles. The fourth-order valence-corrected chi connectivity index (χ4v) is 1.72. The molecule has 2 unspecified atom stereocenters. The van der Waals surface area contributed by atoms with E-state index in [4.69, 9.17) is 9.47 Å². The summed E-state index contributed by atoms with van der Waals surface area (Å²) in [7, 11) is 3.17. The second kappa shape index (κ2) is 6.95. The van der Waals surface area contributed by atoms with E-state index in [2.05, 4.69) is 0 Å². The van der Waals surface area contributed by atoms with E-state index in [0.717, 1.165) is 11.3 Å². The van der Waals surface area contributed by atoms with Crippen molar-refractivity contribution in [2.75, 3.05) is 14.2 Å². The van der Waals surface area contributed by atoms with Crippen LogP contribution in [0, 0.1) is 5.92 Å². The van der Waals surface area contributed by atoms with Gasteiger partial charge in [0.25, 0.3) is 0 Å². The lowest BCUT2D eigenvalue weighted by molar-refractivity contribution is -0.133. The smallest absolute Gasteiger partial charge is 0.331 e. The highest BCUT2D eigenvalue weighted by molar-refractivity contribution is 5.92. The summed E-state index contributed by atoms with van der Waals surface area (Å²) in [5.41, 5.74) is 1.16. The Morgan fingerprint density at radius 3 is 2.21 bits per heavy atom. The average molecular weight is 264 g/mol. The summed E-state index contributed by atoms with van der Waals surface area (Å²) < 4.78 is 10.3. The first kappa shape index (κ1) is 15.2. The number of ether oxygens (including phenoxy) is 2. The maximum Gasteiger partial charge on any atom is 0.331 e. The molecule has 1 N–H and O–H groups in total. The highest BCUT2D eigenvalue weighted by Gasteiger charge is 2.21. The predicted molar refractivity (Wildman–Crippen MR) is 74.2 cm³/mol. The highest BCUT2D eigenvalue weighted by Crippen LogP contribution is 2.21. The fourth-order valence-electron chi connectivity index (χ4n) is 1.72. The van der Waals surface area contributed by atoms with Gasteiger partial charge in [-0.3, -0.25) is 0 Å². The molecule has 1 aromatic rings. The lowest BCUT2D eigenvalue weighted by Crippen LogP contribution is -2.22. The van der Waals surface area contributed by atoms with Crippen molar-refractivity contribution in [1.82, 2.24) is 0 Å². The first-order valence-corrected chi connectivity index (χ1v) is 6.11. The third-order valence-electron chi connectivity index (χ3n) is 3.25. The second-order valence-corrected chi connectivity index (χ2v) is 4.41. The van der Waals surface area contributed by atoms with E-state index in [0.29, 0.717) is 5.57 Å². The van der Waals surface area contributed by atoms with Crippen LogP contribution in [-0.2, 0) is 9.53 Å². The number of hydrogen-bond donors (Lipinski definition) is 1. The Morgan fingerprint density at radius 1 is 1.21 bits per heavy atom. The first-order chi connectivity index (χ1) is 8.99. The molecular formula is C15H20O4. The van der Waals surface area contributed by atoms with Crippen LogP contribution in [0.4, 0.5) is 0 Å². The van der Waals surface area contributed by atoms with Crippen molar-refractivity contribution in [2.24, 2.45) is 5.92 Å². The summed E-state index contributed by atoms with van der Waals surface area (Å²) in [6.07, 6.45) is 1.52. The van der Waals surface area contributed by atoms with Gasteiger partial charge in [-0.25, -0.2) is 4.79 Å². The molecule has 0 bridgehead atoms. The molecule has 104 valence electrons. The fraction of sp³-hybridized carbons (Fsp3) is 0.400. The molecule has 0 spiro atoms. The summed E-state index contributed by atoms with van der Waals surface area (Å²) in [6.45, 7) is 3.70. The van der Waals surface area contributed by atoms with Crippen LogP contribution in [0.5, 0.6) is 5.75 Å². The predicted octanol–water partition coefficient (Wildman–Crippen LogP) is 2.83. The lowest BCUT2D eigenvalue weighted by atomic mass is 9.94. The maximum atomic E-state index is 11.3. The number of hydrogen-bond acceptors (Lipinski definition) is 3. The molecule has 1 rings (SSSR count). The van der Waals surface area contributed by atoms with E-state index >= 15 is 0 Å². The van der Waals surface area contributed by atoms with Crippen LogP contribution in [0.3, 0.4) is 0 Å². The molecule has 0 aliphatic rings. The minimum Gasteiger partial charge on any atom is -0.497 e. The molecular weight excluding hydrogens is 244 g/mol. The van der Waals surface area contributed by atoms with Crippen molar-refractivity contribution in [3.8, 4) is 5.75 Å². The monoisotopic (exact) mass is 264 g/mol. The van der Waals surface area contributed by atoms with Crippen molar-refractivity contribution in [2.45, 2.75) is 20.0 Å². The molecule has 0 radical (unpaired) electrons. The largest absolute Gasteiger partial charge is 0.497 e. The number of rotatable bonds is 6. The van der Waals surface area contributed by atoms with Crippen molar-refractivity contribution in [3.63, 3.8) is 0 Å². The van der Waals surface area contributed by atoms with Gasteiger partial charge in [0.2, 0.25) is 0 Å². The Labute approximate surface area is 113 Å². The number of aliphatic carboxylic acids is 1. The molecule has 0 saturated heterocycles. The highest BCUT2D eigenvalue weighted by atomic mass is 16.5. The van der Waals surface area contributed by atoms with Gasteiger partial charge in [-0.15, -0.1) is 0 Å². The van der Waals surface area contributed by atoms with E-state index in [1.54, 1.807) is 32.4 Å². The van der Waals surface area contributed by atoms with Crippen LogP contribution in [0.2, 0.25) is 0 Å². The van der Waals surface area contributed by atoms with E-state index in [1.807, 2.05) is 26.0 Å². The molecule has 0 heterocycles. The van der Waals surface area contributed by atoms with Crippen LogP contribution < -0.4 is 4.74 Å². The van der Waals surface area contributed by atoms with E-state index in [9.17, 15) is 9.90 Å². The van der Waals surface area contributed by atoms with Gasteiger partial charge in [0.05, 0.1) is 13.2 Å². The topological polar surface area (TPSA) is 55.8 Å². The minimum atomic E-state index is -0.924. The lowest BCUT2D eigenvalue weighted by Gasteiger charge is -2.19. The molecule has 0 fully saturated rings. The summed E-state index contributed by atoms with van der Waals surface area (Å²) in [5.74, 6) is -0.371. The van der Waals surface area contributed by atoms with Crippen LogP contribution in [0.15, 0.2) is 29.8 Å². The number of carboxylic acids is 1. The molecule has 2 atom stereocenters. The van der Waals surface area contributed by atoms with Crippen LogP contribution in [-0.4, -0.2) is 31.4 Å². The van der Waals surface area contributed by atoms with Gasteiger partial charge in [-0.05, 0) is 30.7 Å². The van der Waals surface area contributed by atoms with E-state index in [-0.39, 0.29) is 12.0 Å². The molecule has 0 amide bonds. The molecule has 0 aromatic heterocycles. The molecule has 4 nitrogen and oxygen atoms in total. The minimum absolute atomic E-state index is 0.152. The molecule has 4 heteroatoms. The SMILES string of the molecule is COc1ccc(/C=C(\C(=O)O)C(C)C(C)OC)cc1. The van der Waals surface area contributed by atoms with Crippen LogP contribution in [0.25, 0.3) is 6.08 Å². The van der Waals surface area contributed by atoms with Gasteiger partial charge in [0.1, 0.15) is 5.75 Å². The van der Waals surface area contributed by atoms with Crippen molar-refractivity contribution >= 4 is 12.0 Å². The zero-order valence-corrected chi connectivity index (χ0v) is 11.7. The normalized spacial score (nSPS) is 14.8. The summed E-state index contributed by atoms with van der Waals surface area (Å²) in [6, 6.07) is 7.25. The Hall–Kier alpha value is -1.81. The first-order valence-electron chi connectivity index (χ1n) is 6.11. The third-order valence-corrected chi connectivity index (χ3v) is 3.25. The van der Waals surface area contributed by atoms with E-state index < -0.39 is 5.97 Å². The Bertz CT molecular complexity index is 448. The summed E-state index contributed by atoms with van der Waals surface area (Å²) in [4.78, 5) is 11.3. The van der Waals surface area contributed by atoms with Crippen LogP contribution in [0.1, 0.15) is 19.4 Å². The standard InChI is InChI=1S/C15H20O4/c1-10(11(2)18-3)14(15(16)17)9-12-5-7-13(19-4)8-6-12/h5-11H,1-4H3,(H,16,17)/b14-9-. The van der Waals surface area contributed by atoms with Crippen molar-refractivity contribution in [1.29, 1.82) is 0 Å². The number of carboxylic acid groups (broad SMARTS) is 1. The van der Waals surface area contributed by atoms with Crippen molar-refractivity contribution < 1.29 is 19.4 Å². The molecule has 19 heavy (non-hydrogen) atoms. The summed E-state index contributed by atoms with van der Waals surface area (Å²) >= 11 is 0. The Morgan fingerprint density at radius 2 is 1.79 bits per heavy atom. The Kier molecular flexibility index (Phi) is 5.57. The summed E-state index contributed by atoms with van der Waals surface area (Å²) in [5, 5.41) is 9.30. The molecule has 0 aliphatic heterocycles. The zero-order chi connectivity index (χ0) is 14.4. The number of carbonyl (C=O) groups is 1. The van der Waals surface area contributed by atoms with Gasteiger partial charge in [-0.1, -0.05) is 19.1 Å². The number of methoxy groups -OCH3 is 2. The molecule has 0 aliphatic carbocycles. The van der Waals surface area contributed by atoms with Gasteiger partial charge in [-0.2, -0.15) is 0 Å². The van der Waals surface area contributed by atoms with Gasteiger partial charge < -0.3 is 14.6 Å². The Balaban J connectivity index is 3.03. The van der Waals surface area contributed by atoms with Gasteiger partial charge in [0, 0.05) is 18.6 Å². The third kappa shape index (κ3) is 4.10. The number of benzene rings is 1. The van der Waals surface area contributed by atoms with E-state index in [1.165, 1.54) is 0 Å². The van der Waals surface area contributed by atoms with Crippen molar-refractivity contribution in [3.05, 3.63) is 35.4 Å². The second-order valence-electron chi connectivity index (χ2n) is 4.41. The maximum absolute atomic E-state index is 11.3. The van der Waals surface area contributed by atoms with Crippen LogP contribution >= 0.6 is 0 Å². The zero-order valence-electron chi connectivity index (χ0n) is 11.7. The molecule has 1 aromatic carbocycles. The van der Waals surface area contributed by atoms with Gasteiger partial charge >= 0.3 is 5.97 Å². The van der Waals surface area contributed by atoms with Gasteiger partial charge in [0.15, 0.2) is 0 Å².